The van der Waals surface area contributed by atoms with Crippen LogP contribution in [-0.2, 0) is 4.79 Å². The Balaban J connectivity index is 3.43. The molecule has 0 amide bonds. The van der Waals surface area contributed by atoms with Crippen molar-refractivity contribution in [1.82, 2.24) is 4.90 Å². The minimum atomic E-state index is -0.801. The standard InChI is InChI=1S/C15H27NO2/c1-3-5-6-7-8-9-10-11-13-16(12-4-2)14-15(17)18/h2H,3,5-14H2,1H3,(H,17,18). The van der Waals surface area contributed by atoms with Crippen LogP contribution in [0.25, 0.3) is 0 Å². The van der Waals surface area contributed by atoms with Crippen molar-refractivity contribution >= 4 is 5.97 Å². The first-order valence-electron chi connectivity index (χ1n) is 7.08. The number of hydrogen-bond acceptors (Lipinski definition) is 2. The molecule has 0 bridgehead atoms. The number of carboxylic acid groups (broad SMARTS) is 1. The molecule has 0 saturated heterocycles. The summed E-state index contributed by atoms with van der Waals surface area (Å²) in [6.45, 7) is 3.51. The van der Waals surface area contributed by atoms with Gasteiger partial charge >= 0.3 is 5.97 Å². The SMILES string of the molecule is C#CCN(CCCCCCCCCC)CC(=O)O. The molecule has 0 radical (unpaired) electrons. The number of unbranched alkanes of at least 4 members (excludes halogenated alkanes) is 7. The average molecular weight is 253 g/mol. The van der Waals surface area contributed by atoms with Gasteiger partial charge in [0, 0.05) is 0 Å². The highest BCUT2D eigenvalue weighted by Crippen LogP contribution is 2.08. The third-order valence-corrected chi connectivity index (χ3v) is 3.00. The van der Waals surface area contributed by atoms with Crippen molar-refractivity contribution < 1.29 is 9.90 Å². The number of nitrogens with zero attached hydrogens (tertiary/aromatic N) is 1. The Hall–Kier alpha value is -1.01. The van der Waals surface area contributed by atoms with Crippen LogP contribution in [0, 0.1) is 12.3 Å². The van der Waals surface area contributed by atoms with Crippen LogP contribution in [0.3, 0.4) is 0 Å². The Morgan fingerprint density at radius 3 is 2.17 bits per heavy atom. The van der Waals surface area contributed by atoms with E-state index in [1.807, 2.05) is 4.90 Å². The second kappa shape index (κ2) is 12.4. The first kappa shape index (κ1) is 17.0. The van der Waals surface area contributed by atoms with Gasteiger partial charge < -0.3 is 5.11 Å². The molecule has 1 N–H and O–H groups in total. The first-order chi connectivity index (χ1) is 8.70. The fraction of sp³-hybridized carbons (Fsp3) is 0.800. The first-order valence-corrected chi connectivity index (χ1v) is 7.08. The summed E-state index contributed by atoms with van der Waals surface area (Å²) in [7, 11) is 0. The van der Waals surface area contributed by atoms with Crippen LogP contribution in [0.4, 0.5) is 0 Å². The molecule has 0 rings (SSSR count). The second-order valence-electron chi connectivity index (χ2n) is 4.78. The van der Waals surface area contributed by atoms with Crippen molar-refractivity contribution in [2.24, 2.45) is 0 Å². The molecule has 0 fully saturated rings. The minimum Gasteiger partial charge on any atom is -0.480 e. The molecule has 104 valence electrons. The van der Waals surface area contributed by atoms with Crippen LogP contribution in [0.2, 0.25) is 0 Å². The Bertz CT molecular complexity index is 245. The highest BCUT2D eigenvalue weighted by atomic mass is 16.4. The van der Waals surface area contributed by atoms with Gasteiger partial charge in [0.05, 0.1) is 13.1 Å². The summed E-state index contributed by atoms with van der Waals surface area (Å²) < 4.78 is 0. The Labute approximate surface area is 112 Å². The molecule has 0 aliphatic rings. The average Bonchev–Trinajstić information content (AvgIpc) is 2.32. The molecule has 0 aromatic rings. The quantitative estimate of drug-likeness (QED) is 0.429. The van der Waals surface area contributed by atoms with Crippen molar-refractivity contribution in [3.8, 4) is 12.3 Å². The van der Waals surface area contributed by atoms with E-state index >= 15 is 0 Å². The summed E-state index contributed by atoms with van der Waals surface area (Å²) in [4.78, 5) is 12.4. The number of terminal acetylenes is 1. The van der Waals surface area contributed by atoms with Gasteiger partial charge in [-0.25, -0.2) is 0 Å². The second-order valence-corrected chi connectivity index (χ2v) is 4.78. The van der Waals surface area contributed by atoms with Crippen LogP contribution in [0.5, 0.6) is 0 Å². The van der Waals surface area contributed by atoms with E-state index in [-0.39, 0.29) is 6.54 Å². The van der Waals surface area contributed by atoms with E-state index in [0.29, 0.717) is 6.54 Å². The third kappa shape index (κ3) is 11.5. The molecule has 0 aliphatic heterocycles. The highest BCUT2D eigenvalue weighted by Gasteiger charge is 2.07. The molecule has 0 heterocycles. The summed E-state index contributed by atoms with van der Waals surface area (Å²) in [5.41, 5.74) is 0. The van der Waals surface area contributed by atoms with Crippen molar-refractivity contribution in [3.63, 3.8) is 0 Å². The van der Waals surface area contributed by atoms with E-state index in [2.05, 4.69) is 12.8 Å². The Kier molecular flexibility index (Phi) is 11.7. The van der Waals surface area contributed by atoms with E-state index in [1.165, 1.54) is 44.9 Å². The zero-order chi connectivity index (χ0) is 13.6. The molecule has 0 aromatic heterocycles. The lowest BCUT2D eigenvalue weighted by Crippen LogP contribution is -2.31. The predicted octanol–water partition coefficient (Wildman–Crippen LogP) is 3.15. The molecule has 3 heteroatoms. The van der Waals surface area contributed by atoms with E-state index in [4.69, 9.17) is 11.5 Å². The minimum absolute atomic E-state index is 0.0562. The molecule has 0 aliphatic carbocycles. The molecule has 0 aromatic carbocycles. The number of rotatable bonds is 12. The van der Waals surface area contributed by atoms with E-state index in [1.54, 1.807) is 0 Å². The molecule has 0 spiro atoms. The summed E-state index contributed by atoms with van der Waals surface area (Å²) in [6.07, 6.45) is 15.3. The number of carbonyl (C=O) groups is 1. The monoisotopic (exact) mass is 253 g/mol. The van der Waals surface area contributed by atoms with Gasteiger partial charge in [0.15, 0.2) is 0 Å². The van der Waals surface area contributed by atoms with E-state index < -0.39 is 5.97 Å². The van der Waals surface area contributed by atoms with Gasteiger partial charge in [0.1, 0.15) is 0 Å². The van der Waals surface area contributed by atoms with Gasteiger partial charge in [-0.1, -0.05) is 57.8 Å². The molecule has 0 atom stereocenters. The van der Waals surface area contributed by atoms with Gasteiger partial charge in [-0.2, -0.15) is 0 Å². The maximum atomic E-state index is 10.6. The zero-order valence-corrected chi connectivity index (χ0v) is 11.7. The normalized spacial score (nSPS) is 10.5. The van der Waals surface area contributed by atoms with Crippen LogP contribution in [0.1, 0.15) is 58.3 Å². The molecular formula is C15H27NO2. The van der Waals surface area contributed by atoms with Crippen molar-refractivity contribution in [3.05, 3.63) is 0 Å². The zero-order valence-electron chi connectivity index (χ0n) is 11.7. The summed E-state index contributed by atoms with van der Waals surface area (Å²) in [5, 5.41) is 8.72. The predicted molar refractivity (Wildman–Crippen MR) is 75.5 cm³/mol. The number of carboxylic acids is 1. The number of hydrogen-bond donors (Lipinski definition) is 1. The number of aliphatic carboxylic acids is 1. The lowest BCUT2D eigenvalue weighted by Gasteiger charge is -2.16. The maximum Gasteiger partial charge on any atom is 0.317 e. The van der Waals surface area contributed by atoms with E-state index in [0.717, 1.165) is 13.0 Å². The third-order valence-electron chi connectivity index (χ3n) is 3.00. The Morgan fingerprint density at radius 1 is 1.11 bits per heavy atom. The van der Waals surface area contributed by atoms with Gasteiger partial charge in [-0.3, -0.25) is 9.69 Å². The topological polar surface area (TPSA) is 40.5 Å². The lowest BCUT2D eigenvalue weighted by atomic mass is 10.1. The maximum absolute atomic E-state index is 10.6. The smallest absolute Gasteiger partial charge is 0.317 e. The molecule has 18 heavy (non-hydrogen) atoms. The van der Waals surface area contributed by atoms with Crippen molar-refractivity contribution in [2.45, 2.75) is 58.3 Å². The van der Waals surface area contributed by atoms with Crippen molar-refractivity contribution in [1.29, 1.82) is 0 Å². The molecule has 0 unspecified atom stereocenters. The van der Waals surface area contributed by atoms with Crippen LogP contribution in [-0.4, -0.2) is 35.6 Å². The van der Waals surface area contributed by atoms with Gasteiger partial charge in [0.25, 0.3) is 0 Å². The van der Waals surface area contributed by atoms with Crippen LogP contribution >= 0.6 is 0 Å². The Morgan fingerprint density at radius 2 is 1.67 bits per heavy atom. The van der Waals surface area contributed by atoms with E-state index in [9.17, 15) is 4.79 Å². The van der Waals surface area contributed by atoms with Crippen molar-refractivity contribution in [2.75, 3.05) is 19.6 Å². The van der Waals surface area contributed by atoms with Gasteiger partial charge in [-0.05, 0) is 13.0 Å². The lowest BCUT2D eigenvalue weighted by molar-refractivity contribution is -0.138. The largest absolute Gasteiger partial charge is 0.480 e. The van der Waals surface area contributed by atoms with Gasteiger partial charge in [0.2, 0.25) is 0 Å². The fourth-order valence-electron chi connectivity index (χ4n) is 2.00. The molecular weight excluding hydrogens is 226 g/mol. The van der Waals surface area contributed by atoms with Gasteiger partial charge in [-0.15, -0.1) is 6.42 Å². The summed E-state index contributed by atoms with van der Waals surface area (Å²) >= 11 is 0. The van der Waals surface area contributed by atoms with Crippen LogP contribution < -0.4 is 0 Å². The highest BCUT2D eigenvalue weighted by molar-refractivity contribution is 5.69. The summed E-state index contributed by atoms with van der Waals surface area (Å²) in [5.74, 6) is 1.71. The summed E-state index contributed by atoms with van der Waals surface area (Å²) in [6, 6.07) is 0. The molecule has 3 nitrogen and oxygen atoms in total. The fourth-order valence-corrected chi connectivity index (χ4v) is 2.00. The van der Waals surface area contributed by atoms with Crippen LogP contribution in [0.15, 0.2) is 0 Å². The molecule has 0 saturated carbocycles.